The third-order valence-corrected chi connectivity index (χ3v) is 2.06. The Kier molecular flexibility index (Phi) is 1.52. The van der Waals surface area contributed by atoms with Crippen molar-refractivity contribution in [2.75, 3.05) is 0 Å². The number of hydrogen-bond acceptors (Lipinski definition) is 0. The highest BCUT2D eigenvalue weighted by Gasteiger charge is 2.13. The number of rotatable bonds is 0. The fourth-order valence-electron chi connectivity index (χ4n) is 1.25. The Morgan fingerprint density at radius 3 is 2.25 bits per heavy atom. The van der Waals surface area contributed by atoms with Crippen molar-refractivity contribution in [1.82, 2.24) is 0 Å². The minimum atomic E-state index is 0.230. The second kappa shape index (κ2) is 2.52. The molecule has 0 aromatic carbocycles. The van der Waals surface area contributed by atoms with Crippen molar-refractivity contribution in [1.29, 1.82) is 0 Å². The summed E-state index contributed by atoms with van der Waals surface area (Å²) in [6.07, 6.45) is 3.97. The Morgan fingerprint density at radius 2 is 1.75 bits per heavy atom. The molecule has 0 nitrogen and oxygen atoms in total. The van der Waals surface area contributed by atoms with Crippen molar-refractivity contribution in [3.63, 3.8) is 0 Å². The zero-order valence-corrected chi connectivity index (χ0v) is 5.85. The zero-order chi connectivity index (χ0) is 6.85. The van der Waals surface area contributed by atoms with Crippen molar-refractivity contribution in [3.8, 4) is 0 Å². The summed E-state index contributed by atoms with van der Waals surface area (Å²) in [7, 11) is 0. The fraction of sp³-hybridized carbons (Fsp3) is 1.00. The summed E-state index contributed by atoms with van der Waals surface area (Å²) < 4.78 is 7.61. The molecule has 3 atom stereocenters. The highest BCUT2D eigenvalue weighted by atomic mass is 14.2. The minimum absolute atomic E-state index is 0.230. The van der Waals surface area contributed by atoms with Gasteiger partial charge in [-0.05, 0) is 11.8 Å². The summed E-state index contributed by atoms with van der Waals surface area (Å²) in [6, 6.07) is 0. The molecule has 1 rings (SSSR count). The minimum Gasteiger partial charge on any atom is -0.0625 e. The molecule has 8 heavy (non-hydrogen) atoms. The van der Waals surface area contributed by atoms with Crippen LogP contribution in [-0.4, -0.2) is 0 Å². The van der Waals surface area contributed by atoms with Gasteiger partial charge in [0.1, 0.15) is 0 Å². The third-order valence-electron chi connectivity index (χ3n) is 2.06. The highest BCUT2D eigenvalue weighted by Crippen LogP contribution is 2.27. The van der Waals surface area contributed by atoms with Gasteiger partial charge in [0.05, 0.1) is 0 Å². The normalized spacial score (nSPS) is 50.8. The van der Waals surface area contributed by atoms with Crippen molar-refractivity contribution < 1.29 is 1.37 Å². The van der Waals surface area contributed by atoms with Crippen LogP contribution >= 0.6 is 0 Å². The Morgan fingerprint density at radius 1 is 1.12 bits per heavy atom. The van der Waals surface area contributed by atoms with Gasteiger partial charge in [-0.3, -0.25) is 0 Å². The van der Waals surface area contributed by atoms with Crippen LogP contribution in [0.4, 0.5) is 0 Å². The second-order valence-corrected chi connectivity index (χ2v) is 3.13. The van der Waals surface area contributed by atoms with Crippen LogP contribution in [0, 0.1) is 11.8 Å². The summed E-state index contributed by atoms with van der Waals surface area (Å²) in [5.41, 5.74) is 0. The molecule has 0 aromatic rings. The van der Waals surface area contributed by atoms with Crippen molar-refractivity contribution >= 4 is 0 Å². The van der Waals surface area contributed by atoms with Gasteiger partial charge in [-0.1, -0.05) is 39.5 Å². The Labute approximate surface area is 53.7 Å². The number of hydrogen-bond donors (Lipinski definition) is 0. The van der Waals surface area contributed by atoms with E-state index in [0.717, 1.165) is 12.3 Å². The zero-order valence-electron chi connectivity index (χ0n) is 6.85. The van der Waals surface area contributed by atoms with Crippen LogP contribution in [0.15, 0.2) is 0 Å². The molecule has 0 saturated heterocycles. The topological polar surface area (TPSA) is 0 Å². The van der Waals surface area contributed by atoms with Crippen LogP contribution in [0.25, 0.3) is 0 Å². The molecule has 0 radical (unpaired) electrons. The van der Waals surface area contributed by atoms with Gasteiger partial charge in [-0.2, -0.15) is 0 Å². The first kappa shape index (κ1) is 4.84. The summed E-state index contributed by atoms with van der Waals surface area (Å²) in [5.74, 6) is 1.46. The molecule has 0 aliphatic heterocycles. The lowest BCUT2D eigenvalue weighted by Gasteiger charge is -2.22. The van der Waals surface area contributed by atoms with Crippen molar-refractivity contribution in [3.05, 3.63) is 0 Å². The Bertz CT molecular complexity index is 90.6. The molecule has 0 bridgehead atoms. The monoisotopic (exact) mass is 113 g/mol. The Hall–Kier alpha value is 0. The van der Waals surface area contributed by atoms with Crippen molar-refractivity contribution in [2.45, 2.75) is 39.5 Å². The molecule has 3 unspecified atom stereocenters. The molecule has 1 aliphatic carbocycles. The van der Waals surface area contributed by atoms with E-state index in [1.54, 1.807) is 0 Å². The first-order valence-electron chi connectivity index (χ1n) is 4.20. The molecule has 1 fully saturated rings. The smallest absolute Gasteiger partial charge is 0.0269 e. The van der Waals surface area contributed by atoms with Crippen molar-refractivity contribution in [2.24, 2.45) is 11.8 Å². The lowest BCUT2D eigenvalue weighted by atomic mass is 9.84. The standard InChI is InChI=1S/C8H16/c1-7-3-5-8(2)6-4-7/h7-8H,3-6H2,1-2H3/i3D. The molecule has 0 heterocycles. The van der Waals surface area contributed by atoms with E-state index in [4.69, 9.17) is 1.37 Å². The van der Waals surface area contributed by atoms with Gasteiger partial charge in [0.25, 0.3) is 0 Å². The summed E-state index contributed by atoms with van der Waals surface area (Å²) >= 11 is 0. The maximum absolute atomic E-state index is 7.61. The molecular formula is C8H16. The van der Waals surface area contributed by atoms with E-state index in [1.165, 1.54) is 12.8 Å². The van der Waals surface area contributed by atoms with Gasteiger partial charge in [0.15, 0.2) is 0 Å². The van der Waals surface area contributed by atoms with E-state index in [-0.39, 0.29) is 6.40 Å². The van der Waals surface area contributed by atoms with Crippen LogP contribution in [-0.2, 0) is 0 Å². The van der Waals surface area contributed by atoms with Gasteiger partial charge in [-0.15, -0.1) is 0 Å². The van der Waals surface area contributed by atoms with E-state index >= 15 is 0 Å². The molecule has 0 N–H and O–H groups in total. The molecule has 0 heteroatoms. The maximum Gasteiger partial charge on any atom is 0.0269 e. The van der Waals surface area contributed by atoms with Gasteiger partial charge >= 0.3 is 0 Å². The first-order valence-corrected chi connectivity index (χ1v) is 3.62. The van der Waals surface area contributed by atoms with Crippen LogP contribution in [0.3, 0.4) is 0 Å². The van der Waals surface area contributed by atoms with E-state index < -0.39 is 0 Å². The predicted octanol–water partition coefficient (Wildman–Crippen LogP) is 2.83. The predicted molar refractivity (Wildman–Crippen MR) is 36.8 cm³/mol. The summed E-state index contributed by atoms with van der Waals surface area (Å²) in [5, 5.41) is 0. The van der Waals surface area contributed by atoms with Gasteiger partial charge in [-0.25, -0.2) is 0 Å². The maximum atomic E-state index is 7.61. The van der Waals surface area contributed by atoms with E-state index in [0.29, 0.717) is 5.92 Å². The average molecular weight is 113 g/mol. The molecule has 1 saturated carbocycles. The van der Waals surface area contributed by atoms with Crippen LogP contribution in [0.5, 0.6) is 0 Å². The quantitative estimate of drug-likeness (QED) is 0.453. The summed E-state index contributed by atoms with van der Waals surface area (Å²) in [6.45, 7) is 4.46. The summed E-state index contributed by atoms with van der Waals surface area (Å²) in [4.78, 5) is 0. The molecule has 0 aromatic heterocycles. The lowest BCUT2D eigenvalue weighted by molar-refractivity contribution is 0.308. The second-order valence-electron chi connectivity index (χ2n) is 3.13. The van der Waals surface area contributed by atoms with E-state index in [9.17, 15) is 0 Å². The molecule has 0 amide bonds. The molecular weight excluding hydrogens is 96.1 g/mol. The third kappa shape index (κ3) is 1.50. The Balaban J connectivity index is 2.35. The van der Waals surface area contributed by atoms with Crippen LogP contribution in [0.2, 0.25) is 0 Å². The SMILES string of the molecule is [2H]C1CC(C)CCC1C. The average Bonchev–Trinajstić information content (AvgIpc) is 1.80. The van der Waals surface area contributed by atoms with Crippen LogP contribution < -0.4 is 0 Å². The van der Waals surface area contributed by atoms with E-state index in [1.807, 2.05) is 0 Å². The molecule has 1 aliphatic rings. The van der Waals surface area contributed by atoms with Crippen LogP contribution in [0.1, 0.15) is 40.9 Å². The molecule has 48 valence electrons. The molecule has 0 spiro atoms. The fourth-order valence-corrected chi connectivity index (χ4v) is 1.25. The van der Waals surface area contributed by atoms with Gasteiger partial charge in [0, 0.05) is 1.37 Å². The first-order chi connectivity index (χ1) is 4.20. The van der Waals surface area contributed by atoms with Gasteiger partial charge < -0.3 is 0 Å². The van der Waals surface area contributed by atoms with Gasteiger partial charge in [0.2, 0.25) is 0 Å². The largest absolute Gasteiger partial charge is 0.0625 e. The highest BCUT2D eigenvalue weighted by molar-refractivity contribution is 4.65. The van der Waals surface area contributed by atoms with E-state index in [2.05, 4.69) is 13.8 Å². The lowest BCUT2D eigenvalue weighted by Crippen LogP contribution is -2.08.